The summed E-state index contributed by atoms with van der Waals surface area (Å²) in [6.07, 6.45) is -9.49. The van der Waals surface area contributed by atoms with Gasteiger partial charge in [-0.1, -0.05) is 48.5 Å². The number of nitrogen functional groups attached to an aromatic ring is 1. The third kappa shape index (κ3) is 11.3. The van der Waals surface area contributed by atoms with E-state index in [1.54, 1.807) is 4.90 Å². The van der Waals surface area contributed by atoms with Crippen molar-refractivity contribution in [1.82, 2.24) is 30.0 Å². The first-order valence-corrected chi connectivity index (χ1v) is 21.0. The Labute approximate surface area is 360 Å². The van der Waals surface area contributed by atoms with E-state index in [1.165, 1.54) is 14.9 Å². The van der Waals surface area contributed by atoms with Crippen molar-refractivity contribution >= 4 is 35.5 Å². The number of urea groups is 2. The number of nitrogens with zero attached hydrogens (tertiary/aromatic N) is 5. The number of rotatable bonds is 9. The van der Waals surface area contributed by atoms with Crippen molar-refractivity contribution in [2.45, 2.75) is 75.6 Å². The molecule has 14 nitrogen and oxygen atoms in total. The van der Waals surface area contributed by atoms with Gasteiger partial charge in [-0.15, -0.1) is 5.06 Å². The molecule has 7 rings (SSSR count). The number of amides is 5. The van der Waals surface area contributed by atoms with Gasteiger partial charge in [0.1, 0.15) is 12.6 Å². The van der Waals surface area contributed by atoms with Gasteiger partial charge in [-0.3, -0.25) is 9.69 Å². The summed E-state index contributed by atoms with van der Waals surface area (Å²) in [5.74, 6) is -0.649. The van der Waals surface area contributed by atoms with Gasteiger partial charge in [-0.25, -0.2) is 14.4 Å². The van der Waals surface area contributed by atoms with Crippen LogP contribution in [0.25, 0.3) is 0 Å². The van der Waals surface area contributed by atoms with Gasteiger partial charge in [0.2, 0.25) is 5.91 Å². The molecule has 4 N–H and O–H groups in total. The van der Waals surface area contributed by atoms with Crippen molar-refractivity contribution in [1.29, 1.82) is 0 Å². The number of hydroxylamine groups is 2. The van der Waals surface area contributed by atoms with Crippen LogP contribution in [0.4, 0.5) is 52.1 Å². The Bertz CT molecular complexity index is 2070. The molecular weight excluding hydrogens is 839 g/mol. The van der Waals surface area contributed by atoms with Crippen LogP contribution in [0.5, 0.6) is 0 Å². The third-order valence-corrected chi connectivity index (χ3v) is 12.2. The molecule has 0 unspecified atom stereocenters. The summed E-state index contributed by atoms with van der Waals surface area (Å²) in [7, 11) is 0. The van der Waals surface area contributed by atoms with Gasteiger partial charge in [0.05, 0.1) is 16.8 Å². The Morgan fingerprint density at radius 2 is 1.33 bits per heavy atom. The number of ether oxygens (including phenoxy) is 1. The maximum absolute atomic E-state index is 14.2. The number of carbonyl (C=O) groups is 4. The molecule has 340 valence electrons. The van der Waals surface area contributed by atoms with Gasteiger partial charge in [0.15, 0.2) is 0 Å². The second kappa shape index (κ2) is 19.3. The number of hydrogen-bond donors (Lipinski definition) is 3. The molecule has 0 spiro atoms. The van der Waals surface area contributed by atoms with E-state index in [-0.39, 0.29) is 50.9 Å². The molecule has 3 aromatic carbocycles. The number of piperidine rings is 2. The Balaban J connectivity index is 0.980. The van der Waals surface area contributed by atoms with Crippen LogP contribution < -0.4 is 16.4 Å². The monoisotopic (exact) mass is 888 g/mol. The van der Waals surface area contributed by atoms with E-state index in [9.17, 15) is 45.5 Å². The third-order valence-electron chi connectivity index (χ3n) is 12.2. The maximum Gasteiger partial charge on any atom is 0.528 e. The van der Waals surface area contributed by atoms with Gasteiger partial charge in [0.25, 0.3) is 0 Å². The van der Waals surface area contributed by atoms with Crippen LogP contribution in [0.1, 0.15) is 53.5 Å². The highest BCUT2D eigenvalue weighted by Gasteiger charge is 2.42. The number of piperazine rings is 1. The topological polar surface area (TPSA) is 153 Å². The van der Waals surface area contributed by atoms with E-state index >= 15 is 0 Å². The zero-order chi connectivity index (χ0) is 44.9. The average Bonchev–Trinajstić information content (AvgIpc) is 3.43. The number of hydrogen-bond acceptors (Lipinski definition) is 9. The highest BCUT2D eigenvalue weighted by molar-refractivity contribution is 5.91. The molecule has 3 fully saturated rings. The highest BCUT2D eigenvalue weighted by Crippen LogP contribution is 2.42. The predicted octanol–water partition coefficient (Wildman–Crippen LogP) is 6.36. The lowest BCUT2D eigenvalue weighted by atomic mass is 9.96. The lowest BCUT2D eigenvalue weighted by Crippen LogP contribution is -2.58. The van der Waals surface area contributed by atoms with Crippen molar-refractivity contribution in [2.75, 3.05) is 70.0 Å². The van der Waals surface area contributed by atoms with Crippen molar-refractivity contribution in [2.24, 2.45) is 0 Å². The molecule has 0 aliphatic carbocycles. The summed E-state index contributed by atoms with van der Waals surface area (Å²) in [6.45, 7) is 3.26. The van der Waals surface area contributed by atoms with E-state index in [0.29, 0.717) is 77.0 Å². The summed E-state index contributed by atoms with van der Waals surface area (Å²) in [5.41, 5.74) is 2.61. The summed E-state index contributed by atoms with van der Waals surface area (Å²) in [5, 5.41) is 7.11. The fourth-order valence-electron chi connectivity index (χ4n) is 8.77. The van der Waals surface area contributed by atoms with Crippen LogP contribution in [0.3, 0.4) is 0 Å². The Morgan fingerprint density at radius 1 is 0.746 bits per heavy atom. The molecule has 0 saturated carbocycles. The molecule has 4 aliphatic rings. The molecule has 0 aromatic heterocycles. The predicted molar refractivity (Wildman–Crippen MR) is 218 cm³/mol. The second-order valence-electron chi connectivity index (χ2n) is 16.2. The van der Waals surface area contributed by atoms with Gasteiger partial charge in [-0.05, 0) is 67.0 Å². The zero-order valence-electron chi connectivity index (χ0n) is 34.4. The number of nitrogens with one attached hydrogen (secondary N) is 2. The smallest absolute Gasteiger partial charge is 0.428 e. The first kappa shape index (κ1) is 45.3. The summed E-state index contributed by atoms with van der Waals surface area (Å²) >= 11 is 0. The number of alkyl halides is 6. The average molecular weight is 889 g/mol. The lowest BCUT2D eigenvalue weighted by Gasteiger charge is -2.42. The summed E-state index contributed by atoms with van der Waals surface area (Å²) < 4.78 is 89.3. The van der Waals surface area contributed by atoms with Crippen LogP contribution in [-0.2, 0) is 46.2 Å². The molecule has 5 amide bonds. The molecule has 4 heterocycles. The first-order chi connectivity index (χ1) is 30.0. The van der Waals surface area contributed by atoms with Crippen LogP contribution in [-0.4, -0.2) is 126 Å². The minimum absolute atomic E-state index is 0.0387. The van der Waals surface area contributed by atoms with Crippen molar-refractivity contribution < 1.29 is 55.1 Å². The summed E-state index contributed by atoms with van der Waals surface area (Å²) in [4.78, 5) is 65.7. The number of benzene rings is 3. The molecule has 1 atom stereocenters. The van der Waals surface area contributed by atoms with Gasteiger partial charge < -0.3 is 40.6 Å². The van der Waals surface area contributed by atoms with E-state index in [4.69, 9.17) is 15.3 Å². The second-order valence-corrected chi connectivity index (χ2v) is 16.2. The quantitative estimate of drug-likeness (QED) is 0.127. The van der Waals surface area contributed by atoms with Crippen LogP contribution >= 0.6 is 0 Å². The Kier molecular flexibility index (Phi) is 13.9. The van der Waals surface area contributed by atoms with Crippen molar-refractivity contribution in [3.8, 4) is 0 Å². The van der Waals surface area contributed by atoms with Crippen LogP contribution in [0, 0.1) is 0 Å². The van der Waals surface area contributed by atoms with Crippen LogP contribution in [0.2, 0.25) is 0 Å². The lowest BCUT2D eigenvalue weighted by molar-refractivity contribution is -0.152. The fraction of sp³-hybridized carbons (Fsp3) is 0.488. The number of nitrogens with two attached hydrogens (primary N) is 1. The number of likely N-dealkylation sites (tertiary alicyclic amines) is 2. The Morgan fingerprint density at radius 3 is 1.97 bits per heavy atom. The molecule has 63 heavy (non-hydrogen) atoms. The van der Waals surface area contributed by atoms with E-state index in [1.807, 2.05) is 54.6 Å². The minimum Gasteiger partial charge on any atom is -0.428 e. The molecule has 0 radical (unpaired) electrons. The van der Waals surface area contributed by atoms with Crippen LogP contribution in [0.15, 0.2) is 66.7 Å². The molecule has 3 aromatic rings. The maximum atomic E-state index is 14.2. The SMILES string of the molecule is Nc1c(C(F)(F)F)cc(C[C@@H](NC(=O)N2CCC(N3CCc4ccccc4NC3=O)CC2)C(=O)N2CCC(N3CCN(OC(=O)OCc4ccccc4)CC3)CC2)cc1C(F)(F)F. The number of carbonyl (C=O) groups excluding carboxylic acids is 4. The van der Waals surface area contributed by atoms with E-state index in [0.717, 1.165) is 16.8 Å². The molecule has 3 saturated heterocycles. The number of halogens is 6. The first-order valence-electron chi connectivity index (χ1n) is 21.0. The van der Waals surface area contributed by atoms with E-state index < -0.39 is 65.3 Å². The van der Waals surface area contributed by atoms with E-state index in [2.05, 4.69) is 15.5 Å². The number of anilines is 2. The normalized spacial score (nSPS) is 19.1. The fourth-order valence-corrected chi connectivity index (χ4v) is 8.77. The van der Waals surface area contributed by atoms with Gasteiger partial charge >= 0.3 is 30.6 Å². The largest absolute Gasteiger partial charge is 0.528 e. The summed E-state index contributed by atoms with van der Waals surface area (Å²) in [6, 6.07) is 15.0. The highest BCUT2D eigenvalue weighted by atomic mass is 19.4. The molecule has 0 bridgehead atoms. The van der Waals surface area contributed by atoms with Crippen molar-refractivity contribution in [3.05, 3.63) is 94.5 Å². The van der Waals surface area contributed by atoms with Gasteiger partial charge in [0, 0.05) is 83.1 Å². The zero-order valence-corrected chi connectivity index (χ0v) is 34.4. The number of fused-ring (bicyclic) bond motifs is 1. The Hall–Kier alpha value is -5.76. The molecule has 4 aliphatic heterocycles. The van der Waals surface area contributed by atoms with Gasteiger partial charge in [-0.2, -0.15) is 26.3 Å². The standard InChI is InChI=1S/C43H50F6N8O6/c44-42(45,46)33-24-29(25-34(37(33)50)43(47,48)49)26-36(52-39(59)55-17-13-32(14-18-55)57-19-10-30-8-4-5-9-35(30)51-40(57)60)38(58)54-15-11-31(12-16-54)53-20-22-56(23-21-53)63-41(61)62-27-28-6-2-1-3-7-28/h1-9,24-25,31-32,36H,10-23,26-27,50H2,(H,51,60)(H,52,59)/t36-/m1/s1. The molecular formula is C43H50F6N8O6. The van der Waals surface area contributed by atoms with Crippen molar-refractivity contribution in [3.63, 3.8) is 0 Å². The number of para-hydroxylation sites is 1. The minimum atomic E-state index is -5.23. The molecule has 20 heteroatoms.